The Morgan fingerprint density at radius 1 is 1.00 bits per heavy atom. The molecule has 2 aliphatic heterocycles. The van der Waals surface area contributed by atoms with Gasteiger partial charge in [0.2, 0.25) is 15.9 Å². The standard InChI is InChI=1S/C24H29FN6O3S2/c25-19-4-1-2-6-21(19)30-16-14-29(15-17-30)13-10-26-24(32)18-8-11-31(12-9-18)36(33,34)22-7-3-5-20-23(22)28-35-27-20/h1-7,18H,8-17H2,(H,26,32). The molecule has 192 valence electrons. The molecule has 9 nitrogen and oxygen atoms in total. The van der Waals surface area contributed by atoms with Crippen LogP contribution in [0.15, 0.2) is 47.4 Å². The Balaban J connectivity index is 1.06. The molecule has 0 unspecified atom stereocenters. The van der Waals surface area contributed by atoms with E-state index < -0.39 is 10.0 Å². The summed E-state index contributed by atoms with van der Waals surface area (Å²) in [5.74, 6) is -0.428. The topological polar surface area (TPSA) is 98.7 Å². The number of hydrogen-bond donors (Lipinski definition) is 1. The Morgan fingerprint density at radius 2 is 1.75 bits per heavy atom. The number of rotatable bonds is 7. The van der Waals surface area contributed by atoms with Crippen molar-refractivity contribution in [3.8, 4) is 0 Å². The van der Waals surface area contributed by atoms with E-state index in [9.17, 15) is 17.6 Å². The number of para-hydroxylation sites is 1. The Hall–Kier alpha value is -2.67. The van der Waals surface area contributed by atoms with Crippen molar-refractivity contribution in [3.05, 3.63) is 48.3 Å². The molecule has 0 aliphatic carbocycles. The lowest BCUT2D eigenvalue weighted by atomic mass is 9.97. The fourth-order valence-corrected chi connectivity index (χ4v) is 7.11. The smallest absolute Gasteiger partial charge is 0.245 e. The number of sulfonamides is 1. The first kappa shape index (κ1) is 25.0. The third kappa shape index (κ3) is 5.22. The summed E-state index contributed by atoms with van der Waals surface area (Å²) in [5.41, 5.74) is 1.61. The second-order valence-electron chi connectivity index (χ2n) is 9.14. The van der Waals surface area contributed by atoms with E-state index in [-0.39, 0.29) is 22.5 Å². The molecule has 2 aromatic carbocycles. The average Bonchev–Trinajstić information content (AvgIpc) is 3.38. The van der Waals surface area contributed by atoms with Crippen LogP contribution in [-0.4, -0.2) is 84.6 Å². The number of hydrogen-bond acceptors (Lipinski definition) is 8. The molecule has 2 saturated heterocycles. The molecule has 0 radical (unpaired) electrons. The first-order valence-electron chi connectivity index (χ1n) is 12.1. The molecule has 0 spiro atoms. The van der Waals surface area contributed by atoms with Crippen molar-refractivity contribution in [2.75, 3.05) is 57.3 Å². The van der Waals surface area contributed by atoms with Crippen LogP contribution in [0.2, 0.25) is 0 Å². The Morgan fingerprint density at radius 3 is 2.50 bits per heavy atom. The number of fused-ring (bicyclic) bond motifs is 1. The van der Waals surface area contributed by atoms with Crippen LogP contribution in [0.5, 0.6) is 0 Å². The molecule has 1 N–H and O–H groups in total. The van der Waals surface area contributed by atoms with E-state index >= 15 is 0 Å². The number of aromatic nitrogens is 2. The van der Waals surface area contributed by atoms with Gasteiger partial charge in [0.25, 0.3) is 0 Å². The number of nitrogens with zero attached hydrogens (tertiary/aromatic N) is 5. The molecule has 0 saturated carbocycles. The van der Waals surface area contributed by atoms with Gasteiger partial charge in [0.15, 0.2) is 0 Å². The Labute approximate surface area is 214 Å². The highest BCUT2D eigenvalue weighted by Crippen LogP contribution is 2.28. The third-order valence-corrected chi connectivity index (χ3v) is 9.46. The molecular formula is C24H29FN6O3S2. The van der Waals surface area contributed by atoms with Crippen molar-refractivity contribution in [3.63, 3.8) is 0 Å². The zero-order valence-electron chi connectivity index (χ0n) is 19.8. The molecule has 2 fully saturated rings. The van der Waals surface area contributed by atoms with Crippen LogP contribution in [0.3, 0.4) is 0 Å². The van der Waals surface area contributed by atoms with Gasteiger partial charge < -0.3 is 10.2 Å². The van der Waals surface area contributed by atoms with E-state index in [0.29, 0.717) is 49.2 Å². The molecule has 1 aromatic heterocycles. The van der Waals surface area contributed by atoms with Crippen molar-refractivity contribution in [2.24, 2.45) is 5.92 Å². The van der Waals surface area contributed by atoms with Crippen molar-refractivity contribution in [2.45, 2.75) is 17.7 Å². The molecule has 36 heavy (non-hydrogen) atoms. The molecule has 3 heterocycles. The fraction of sp³-hybridized carbons (Fsp3) is 0.458. The van der Waals surface area contributed by atoms with Crippen molar-refractivity contribution >= 4 is 44.4 Å². The second kappa shape index (κ2) is 10.8. The highest BCUT2D eigenvalue weighted by molar-refractivity contribution is 7.89. The number of benzene rings is 2. The summed E-state index contributed by atoms with van der Waals surface area (Å²) in [7, 11) is -3.69. The van der Waals surface area contributed by atoms with Gasteiger partial charge in [0.1, 0.15) is 21.7 Å². The van der Waals surface area contributed by atoms with E-state index in [2.05, 4.69) is 23.9 Å². The van der Waals surface area contributed by atoms with Gasteiger partial charge in [-0.2, -0.15) is 13.1 Å². The number of anilines is 1. The lowest BCUT2D eigenvalue weighted by Gasteiger charge is -2.36. The summed E-state index contributed by atoms with van der Waals surface area (Å²) in [6.07, 6.45) is 0.968. The highest BCUT2D eigenvalue weighted by atomic mass is 32.2. The minimum absolute atomic E-state index is 0.0251. The monoisotopic (exact) mass is 532 g/mol. The minimum Gasteiger partial charge on any atom is -0.367 e. The molecule has 0 atom stereocenters. The van der Waals surface area contributed by atoms with Crippen LogP contribution in [-0.2, 0) is 14.8 Å². The van der Waals surface area contributed by atoms with Crippen LogP contribution >= 0.6 is 11.7 Å². The Bertz CT molecular complexity index is 1320. The molecule has 0 bridgehead atoms. The molecule has 1 amide bonds. The second-order valence-corrected chi connectivity index (χ2v) is 11.6. The number of amides is 1. The van der Waals surface area contributed by atoms with E-state index in [1.54, 1.807) is 30.3 Å². The summed E-state index contributed by atoms with van der Waals surface area (Å²) in [6, 6.07) is 11.8. The van der Waals surface area contributed by atoms with Gasteiger partial charge in [-0.1, -0.05) is 18.2 Å². The van der Waals surface area contributed by atoms with Crippen LogP contribution < -0.4 is 10.2 Å². The van der Waals surface area contributed by atoms with Gasteiger partial charge in [-0.15, -0.1) is 0 Å². The molecule has 5 rings (SSSR count). The number of nitrogens with one attached hydrogen (secondary N) is 1. The van der Waals surface area contributed by atoms with E-state index in [1.807, 2.05) is 6.07 Å². The summed E-state index contributed by atoms with van der Waals surface area (Å²) in [5, 5.41) is 3.02. The van der Waals surface area contributed by atoms with Gasteiger partial charge in [-0.05, 0) is 37.1 Å². The van der Waals surface area contributed by atoms with Gasteiger partial charge in [0, 0.05) is 58.3 Å². The maximum atomic E-state index is 14.0. The van der Waals surface area contributed by atoms with Crippen LogP contribution in [0.1, 0.15) is 12.8 Å². The van der Waals surface area contributed by atoms with E-state index in [1.165, 1.54) is 10.4 Å². The van der Waals surface area contributed by atoms with Gasteiger partial charge in [0.05, 0.1) is 17.4 Å². The van der Waals surface area contributed by atoms with Crippen LogP contribution in [0.4, 0.5) is 10.1 Å². The maximum Gasteiger partial charge on any atom is 0.245 e. The minimum atomic E-state index is -3.69. The van der Waals surface area contributed by atoms with Gasteiger partial charge in [-0.25, -0.2) is 12.8 Å². The molecule has 3 aromatic rings. The van der Waals surface area contributed by atoms with Crippen molar-refractivity contribution in [1.29, 1.82) is 0 Å². The summed E-state index contributed by atoms with van der Waals surface area (Å²) < 4.78 is 50.1. The average molecular weight is 533 g/mol. The van der Waals surface area contributed by atoms with E-state index in [0.717, 1.165) is 44.5 Å². The normalized spacial score (nSPS) is 18.5. The number of carbonyl (C=O) groups is 1. The lowest BCUT2D eigenvalue weighted by Crippen LogP contribution is -2.49. The zero-order chi connectivity index (χ0) is 25.1. The predicted octanol–water partition coefficient (Wildman–Crippen LogP) is 2.17. The van der Waals surface area contributed by atoms with Crippen molar-refractivity contribution in [1.82, 2.24) is 23.3 Å². The van der Waals surface area contributed by atoms with Crippen LogP contribution in [0.25, 0.3) is 11.0 Å². The van der Waals surface area contributed by atoms with Crippen LogP contribution in [0, 0.1) is 11.7 Å². The maximum absolute atomic E-state index is 14.0. The number of piperazine rings is 1. The summed E-state index contributed by atoms with van der Waals surface area (Å²) in [4.78, 5) is 17.2. The van der Waals surface area contributed by atoms with Gasteiger partial charge in [-0.3, -0.25) is 9.69 Å². The number of piperidine rings is 1. The zero-order valence-corrected chi connectivity index (χ0v) is 21.5. The first-order chi connectivity index (χ1) is 17.4. The lowest BCUT2D eigenvalue weighted by molar-refractivity contribution is -0.126. The fourth-order valence-electron chi connectivity index (χ4n) is 4.89. The molecule has 2 aliphatic rings. The Kier molecular flexibility index (Phi) is 7.47. The van der Waals surface area contributed by atoms with Gasteiger partial charge >= 0.3 is 0 Å². The van der Waals surface area contributed by atoms with Crippen molar-refractivity contribution < 1.29 is 17.6 Å². The number of halogens is 1. The van der Waals surface area contributed by atoms with E-state index in [4.69, 9.17) is 0 Å². The predicted molar refractivity (Wildman–Crippen MR) is 137 cm³/mol. The highest BCUT2D eigenvalue weighted by Gasteiger charge is 2.33. The largest absolute Gasteiger partial charge is 0.367 e. The number of carbonyl (C=O) groups excluding carboxylic acids is 1. The SMILES string of the molecule is O=C(NCCN1CCN(c2ccccc2F)CC1)C1CCN(S(=O)(=O)c2cccc3nsnc23)CC1. The quantitative estimate of drug-likeness (QED) is 0.498. The summed E-state index contributed by atoms with van der Waals surface area (Å²) >= 11 is 0.995. The molecule has 12 heteroatoms. The first-order valence-corrected chi connectivity index (χ1v) is 14.3. The molecular weight excluding hydrogens is 503 g/mol. The third-order valence-electron chi connectivity index (χ3n) is 6.98. The summed E-state index contributed by atoms with van der Waals surface area (Å²) in [6.45, 7) is 4.97.